The van der Waals surface area contributed by atoms with E-state index >= 15 is 0 Å². The normalized spacial score (nSPS) is 20.2. The quantitative estimate of drug-likeness (QED) is 0.288. The first-order valence-corrected chi connectivity index (χ1v) is 15.2. The molecular formula is C30H31ClF2N2O4S. The first-order chi connectivity index (χ1) is 19.2. The Kier molecular flexibility index (Phi) is 8.85. The highest BCUT2D eigenvalue weighted by Crippen LogP contribution is 2.36. The molecule has 0 saturated carbocycles. The highest BCUT2D eigenvalue weighted by molar-refractivity contribution is 7.89. The number of rotatable bonds is 10. The molecule has 0 aliphatic carbocycles. The van der Waals surface area contributed by atoms with Gasteiger partial charge >= 0.3 is 0 Å². The second-order valence-corrected chi connectivity index (χ2v) is 12.7. The minimum atomic E-state index is -3.74. The maximum absolute atomic E-state index is 14.9. The molecule has 40 heavy (non-hydrogen) atoms. The van der Waals surface area contributed by atoms with Gasteiger partial charge in [-0.3, -0.25) is 4.79 Å². The number of benzene rings is 3. The van der Waals surface area contributed by atoms with E-state index in [0.29, 0.717) is 42.5 Å². The lowest BCUT2D eigenvalue weighted by molar-refractivity contribution is -0.117. The molecule has 0 radical (unpaired) electrons. The molecule has 3 atom stereocenters. The van der Waals surface area contributed by atoms with Gasteiger partial charge in [0.15, 0.2) is 0 Å². The number of nitrogens with one attached hydrogen (secondary N) is 1. The Hall–Kier alpha value is -2.85. The molecule has 2 aliphatic rings. The van der Waals surface area contributed by atoms with Crippen molar-refractivity contribution in [1.29, 1.82) is 0 Å². The standard InChI is InChI=1S/C30H31ClF2N2O4S/c31-22-6-4-20(5-7-22)27(21-14-16-39-17-15-21)18-30(36)34-29-3-1-2-28(33)26(29)13-10-24-19-35(24)40(37,38)25-11-8-23(32)9-12-25/h1-9,11-12,21,24,27H,10,13-19H2,(H,34,36)/t24-,27-,35?/m0/s1. The largest absolute Gasteiger partial charge is 0.381 e. The molecular weight excluding hydrogens is 558 g/mol. The van der Waals surface area contributed by atoms with E-state index in [4.69, 9.17) is 16.3 Å². The molecule has 0 aromatic heterocycles. The summed E-state index contributed by atoms with van der Waals surface area (Å²) in [7, 11) is -3.74. The third-order valence-electron chi connectivity index (χ3n) is 7.74. The van der Waals surface area contributed by atoms with Crippen LogP contribution in [-0.4, -0.2) is 44.4 Å². The van der Waals surface area contributed by atoms with Crippen LogP contribution in [0, 0.1) is 17.6 Å². The first kappa shape index (κ1) is 28.7. The van der Waals surface area contributed by atoms with Crippen molar-refractivity contribution in [3.05, 3.63) is 94.5 Å². The fourth-order valence-corrected chi connectivity index (χ4v) is 7.20. The van der Waals surface area contributed by atoms with Crippen molar-refractivity contribution in [2.75, 3.05) is 25.1 Å². The van der Waals surface area contributed by atoms with Crippen LogP contribution in [0.5, 0.6) is 0 Å². The minimum Gasteiger partial charge on any atom is -0.381 e. The molecule has 2 heterocycles. The Morgan fingerprint density at radius 3 is 2.42 bits per heavy atom. The number of halogens is 3. The Morgan fingerprint density at radius 1 is 1.02 bits per heavy atom. The van der Waals surface area contributed by atoms with E-state index in [1.165, 1.54) is 22.5 Å². The van der Waals surface area contributed by atoms with Gasteiger partial charge in [0.1, 0.15) is 11.6 Å². The molecule has 212 valence electrons. The zero-order valence-electron chi connectivity index (χ0n) is 21.9. The molecule has 1 amide bonds. The third-order valence-corrected chi connectivity index (χ3v) is 9.93. The number of hydrogen-bond acceptors (Lipinski definition) is 4. The van der Waals surface area contributed by atoms with Crippen molar-refractivity contribution >= 4 is 33.2 Å². The van der Waals surface area contributed by atoms with Crippen LogP contribution < -0.4 is 5.32 Å². The topological polar surface area (TPSA) is 75.5 Å². The summed E-state index contributed by atoms with van der Waals surface area (Å²) in [6, 6.07) is 16.5. The van der Waals surface area contributed by atoms with E-state index in [9.17, 15) is 22.0 Å². The lowest BCUT2D eigenvalue weighted by atomic mass is 9.79. The number of ether oxygens (including phenoxy) is 1. The lowest BCUT2D eigenvalue weighted by Gasteiger charge is -2.30. The number of nitrogens with zero attached hydrogens (tertiary/aromatic N) is 1. The summed E-state index contributed by atoms with van der Waals surface area (Å²) in [6.07, 6.45) is 2.58. The molecule has 1 unspecified atom stereocenters. The van der Waals surface area contributed by atoms with Gasteiger partial charge < -0.3 is 10.1 Å². The van der Waals surface area contributed by atoms with Gasteiger partial charge in [-0.1, -0.05) is 29.8 Å². The van der Waals surface area contributed by atoms with Gasteiger partial charge in [-0.05, 0) is 91.6 Å². The van der Waals surface area contributed by atoms with Gasteiger partial charge in [0.05, 0.1) is 4.90 Å². The van der Waals surface area contributed by atoms with E-state index in [-0.39, 0.29) is 41.5 Å². The summed E-state index contributed by atoms with van der Waals surface area (Å²) in [4.78, 5) is 13.3. The zero-order chi connectivity index (χ0) is 28.3. The highest BCUT2D eigenvalue weighted by atomic mass is 35.5. The second kappa shape index (κ2) is 12.3. The number of anilines is 1. The maximum Gasteiger partial charge on any atom is 0.243 e. The van der Waals surface area contributed by atoms with Gasteiger partial charge in [-0.15, -0.1) is 0 Å². The summed E-state index contributed by atoms with van der Waals surface area (Å²) < 4.78 is 60.7. The van der Waals surface area contributed by atoms with E-state index in [2.05, 4.69) is 5.32 Å². The van der Waals surface area contributed by atoms with Crippen LogP contribution in [0.15, 0.2) is 71.6 Å². The van der Waals surface area contributed by atoms with E-state index < -0.39 is 21.7 Å². The summed E-state index contributed by atoms with van der Waals surface area (Å²) >= 11 is 6.09. The van der Waals surface area contributed by atoms with Crippen LogP contribution in [-0.2, 0) is 26.0 Å². The predicted molar refractivity (Wildman–Crippen MR) is 150 cm³/mol. The van der Waals surface area contributed by atoms with Gasteiger partial charge in [-0.2, -0.15) is 4.31 Å². The Morgan fingerprint density at radius 2 is 1.73 bits per heavy atom. The fraction of sp³-hybridized carbons (Fsp3) is 0.367. The highest BCUT2D eigenvalue weighted by Gasteiger charge is 2.44. The molecule has 3 aromatic rings. The number of carbonyl (C=O) groups is 1. The molecule has 0 bridgehead atoms. The van der Waals surface area contributed by atoms with Gasteiger partial charge in [0, 0.05) is 48.5 Å². The van der Waals surface area contributed by atoms with Crippen LogP contribution in [0.2, 0.25) is 5.02 Å². The van der Waals surface area contributed by atoms with E-state index in [1.807, 2.05) is 24.3 Å². The Balaban J connectivity index is 1.25. The lowest BCUT2D eigenvalue weighted by Crippen LogP contribution is -2.26. The maximum atomic E-state index is 14.9. The number of amides is 1. The average molecular weight is 589 g/mol. The van der Waals surface area contributed by atoms with Crippen molar-refractivity contribution in [2.24, 2.45) is 5.92 Å². The predicted octanol–water partition coefficient (Wildman–Crippen LogP) is 6.16. The van der Waals surface area contributed by atoms with E-state index in [1.54, 1.807) is 12.1 Å². The van der Waals surface area contributed by atoms with Crippen molar-refractivity contribution in [3.63, 3.8) is 0 Å². The van der Waals surface area contributed by atoms with Crippen LogP contribution in [0.1, 0.15) is 42.7 Å². The molecule has 2 aliphatic heterocycles. The van der Waals surface area contributed by atoms with Crippen LogP contribution in [0.25, 0.3) is 0 Å². The van der Waals surface area contributed by atoms with Crippen molar-refractivity contribution in [1.82, 2.24) is 4.31 Å². The second-order valence-electron chi connectivity index (χ2n) is 10.3. The van der Waals surface area contributed by atoms with Gasteiger partial charge in [0.2, 0.25) is 15.9 Å². The molecule has 2 fully saturated rings. The minimum absolute atomic E-state index is 0.0232. The van der Waals surface area contributed by atoms with E-state index in [0.717, 1.165) is 30.5 Å². The van der Waals surface area contributed by atoms with Crippen molar-refractivity contribution in [2.45, 2.75) is 49.0 Å². The zero-order valence-corrected chi connectivity index (χ0v) is 23.4. The van der Waals surface area contributed by atoms with Crippen molar-refractivity contribution < 1.29 is 26.7 Å². The Bertz CT molecular complexity index is 1450. The molecule has 10 heteroatoms. The summed E-state index contributed by atoms with van der Waals surface area (Å²) in [5, 5.41) is 3.54. The Labute approximate surface area is 238 Å². The monoisotopic (exact) mass is 588 g/mol. The molecule has 0 spiro atoms. The first-order valence-electron chi connectivity index (χ1n) is 13.4. The van der Waals surface area contributed by atoms with Gasteiger partial charge in [-0.25, -0.2) is 17.2 Å². The molecule has 3 aromatic carbocycles. The number of sulfonamides is 1. The van der Waals surface area contributed by atoms with Crippen molar-refractivity contribution in [3.8, 4) is 0 Å². The van der Waals surface area contributed by atoms with Crippen LogP contribution in [0.3, 0.4) is 0 Å². The summed E-state index contributed by atoms with van der Waals surface area (Å²) in [5.41, 5.74) is 1.76. The SMILES string of the molecule is O=C(C[C@@H](c1ccc(Cl)cc1)C1CCOCC1)Nc1cccc(F)c1CC[C@H]1CN1S(=O)(=O)c1ccc(F)cc1. The molecule has 6 nitrogen and oxygen atoms in total. The van der Waals surface area contributed by atoms with Gasteiger partial charge in [0.25, 0.3) is 0 Å². The molecule has 2 saturated heterocycles. The molecule has 5 rings (SSSR count). The average Bonchev–Trinajstić information content (AvgIpc) is 3.74. The number of carbonyl (C=O) groups excluding carboxylic acids is 1. The fourth-order valence-electron chi connectivity index (χ4n) is 5.46. The van der Waals surface area contributed by atoms with Crippen LogP contribution >= 0.6 is 11.6 Å². The summed E-state index contributed by atoms with van der Waals surface area (Å²) in [5.74, 6) is -0.940. The van der Waals surface area contributed by atoms with Crippen LogP contribution in [0.4, 0.5) is 14.5 Å². The third kappa shape index (κ3) is 6.71. The number of hydrogen-bond donors (Lipinski definition) is 1. The smallest absolute Gasteiger partial charge is 0.243 e. The molecule has 1 N–H and O–H groups in total. The summed E-state index contributed by atoms with van der Waals surface area (Å²) in [6.45, 7) is 1.61.